The van der Waals surface area contributed by atoms with Gasteiger partial charge in [0.2, 0.25) is 0 Å². The summed E-state index contributed by atoms with van der Waals surface area (Å²) in [6, 6.07) is 22.8. The van der Waals surface area contributed by atoms with Crippen LogP contribution in [-0.2, 0) is 24.3 Å². The highest BCUT2D eigenvalue weighted by Gasteiger charge is 2.39. The minimum Gasteiger partial charge on any atom is -0.375 e. The topological polar surface area (TPSA) is 64.4 Å². The van der Waals surface area contributed by atoms with Crippen LogP contribution in [0.3, 0.4) is 0 Å². The molecule has 0 atom stereocenters. The van der Waals surface area contributed by atoms with E-state index in [1.54, 1.807) is 41.1 Å². The Hall–Kier alpha value is -4.10. The van der Waals surface area contributed by atoms with Crippen molar-refractivity contribution in [2.24, 2.45) is 0 Å². The smallest absolute Gasteiger partial charge is 0.267 e. The van der Waals surface area contributed by atoms with Crippen molar-refractivity contribution in [2.75, 3.05) is 11.5 Å². The second-order valence-electron chi connectivity index (χ2n) is 8.26. The van der Waals surface area contributed by atoms with Crippen LogP contribution in [0.25, 0.3) is 11.3 Å². The fraction of sp³-hybridized carbons (Fsp3) is 0.179. The molecule has 2 heterocycles. The van der Waals surface area contributed by atoms with Gasteiger partial charge in [-0.05, 0) is 48.4 Å². The van der Waals surface area contributed by atoms with Crippen molar-refractivity contribution in [3.63, 3.8) is 0 Å². The number of rotatable bonds is 8. The number of hydrogen-bond acceptors (Lipinski definition) is 4. The van der Waals surface area contributed by atoms with E-state index in [1.807, 2.05) is 37.3 Å². The second-order valence-corrected chi connectivity index (χ2v) is 8.26. The van der Waals surface area contributed by atoms with Crippen LogP contribution in [0.15, 0.2) is 78.9 Å². The van der Waals surface area contributed by atoms with Crippen LogP contribution in [0.1, 0.15) is 38.8 Å². The molecule has 0 saturated heterocycles. The molecule has 35 heavy (non-hydrogen) atoms. The van der Waals surface area contributed by atoms with E-state index < -0.39 is 11.8 Å². The van der Waals surface area contributed by atoms with Gasteiger partial charge in [0.05, 0.1) is 36.6 Å². The normalized spacial score (nSPS) is 12.9. The SMILES string of the molecule is CCc1c(N2C(=O)c3ccccc3C2=O)nn(CCOCc2ccccc2)c1-c1ccc(F)cc1. The molecule has 0 saturated carbocycles. The summed E-state index contributed by atoms with van der Waals surface area (Å²) in [5.41, 5.74) is 4.03. The zero-order valence-corrected chi connectivity index (χ0v) is 19.3. The molecular weight excluding hydrogens is 445 g/mol. The fourth-order valence-corrected chi connectivity index (χ4v) is 4.38. The summed E-state index contributed by atoms with van der Waals surface area (Å²) >= 11 is 0. The van der Waals surface area contributed by atoms with E-state index >= 15 is 0 Å². The zero-order chi connectivity index (χ0) is 24.4. The number of hydrogen-bond donors (Lipinski definition) is 0. The van der Waals surface area contributed by atoms with Crippen molar-refractivity contribution in [1.29, 1.82) is 0 Å². The summed E-state index contributed by atoms with van der Waals surface area (Å²) in [4.78, 5) is 27.5. The van der Waals surface area contributed by atoms with Crippen molar-refractivity contribution in [2.45, 2.75) is 26.5 Å². The maximum Gasteiger partial charge on any atom is 0.267 e. The van der Waals surface area contributed by atoms with E-state index in [0.717, 1.165) is 27.3 Å². The lowest BCUT2D eigenvalue weighted by atomic mass is 10.0. The van der Waals surface area contributed by atoms with Gasteiger partial charge in [0, 0.05) is 11.1 Å². The Morgan fingerprint density at radius 1 is 0.857 bits per heavy atom. The Kier molecular flexibility index (Phi) is 6.25. The maximum atomic E-state index is 13.7. The molecule has 5 rings (SSSR count). The predicted octanol–water partition coefficient (Wildman–Crippen LogP) is 5.27. The lowest BCUT2D eigenvalue weighted by molar-refractivity contribution is 0.0924. The first-order valence-electron chi connectivity index (χ1n) is 11.5. The zero-order valence-electron chi connectivity index (χ0n) is 19.3. The highest BCUT2D eigenvalue weighted by atomic mass is 19.1. The summed E-state index contributed by atoms with van der Waals surface area (Å²) in [6.07, 6.45) is 0.528. The van der Waals surface area contributed by atoms with Crippen molar-refractivity contribution >= 4 is 17.6 Å². The molecule has 1 aliphatic rings. The van der Waals surface area contributed by atoms with Gasteiger partial charge in [-0.2, -0.15) is 5.10 Å². The first-order chi connectivity index (χ1) is 17.1. The lowest BCUT2D eigenvalue weighted by Gasteiger charge is -2.12. The molecular formula is C28H24FN3O3. The second kappa shape index (κ2) is 9.64. The summed E-state index contributed by atoms with van der Waals surface area (Å²) in [7, 11) is 0. The number of ether oxygens (including phenoxy) is 1. The summed E-state index contributed by atoms with van der Waals surface area (Å²) in [5.74, 6) is -0.822. The van der Waals surface area contributed by atoms with Gasteiger partial charge in [0.25, 0.3) is 11.8 Å². The standard InChI is InChI=1S/C28H24FN3O3/c1-2-22-25(20-12-14-21(29)15-13-20)31(16-17-35-18-19-8-4-3-5-9-19)30-26(22)32-27(33)23-10-6-7-11-24(23)28(32)34/h3-15H,2,16-18H2,1H3. The van der Waals surface area contributed by atoms with Crippen LogP contribution in [0.2, 0.25) is 0 Å². The number of amides is 2. The Labute approximate surface area is 202 Å². The third-order valence-corrected chi connectivity index (χ3v) is 6.07. The number of halogens is 1. The van der Waals surface area contributed by atoms with E-state index in [2.05, 4.69) is 0 Å². The monoisotopic (exact) mass is 469 g/mol. The van der Waals surface area contributed by atoms with Crippen molar-refractivity contribution in [1.82, 2.24) is 9.78 Å². The number of imide groups is 1. The molecule has 4 aromatic rings. The highest BCUT2D eigenvalue weighted by Crippen LogP contribution is 2.36. The minimum atomic E-state index is -0.393. The number of anilines is 1. The van der Waals surface area contributed by atoms with E-state index in [1.165, 1.54) is 12.1 Å². The van der Waals surface area contributed by atoms with E-state index in [9.17, 15) is 14.0 Å². The number of carbonyl (C=O) groups excluding carboxylic acids is 2. The van der Waals surface area contributed by atoms with E-state index in [0.29, 0.717) is 43.1 Å². The molecule has 0 bridgehead atoms. The number of carbonyl (C=O) groups is 2. The molecule has 0 spiro atoms. The van der Waals surface area contributed by atoms with E-state index in [-0.39, 0.29) is 5.82 Å². The van der Waals surface area contributed by atoms with Crippen LogP contribution in [0.4, 0.5) is 10.2 Å². The fourth-order valence-electron chi connectivity index (χ4n) is 4.38. The first kappa shape index (κ1) is 22.7. The summed E-state index contributed by atoms with van der Waals surface area (Å²) < 4.78 is 21.3. The lowest BCUT2D eigenvalue weighted by Crippen LogP contribution is -2.30. The molecule has 0 fully saturated rings. The average molecular weight is 470 g/mol. The molecule has 176 valence electrons. The number of aromatic nitrogens is 2. The molecule has 0 aliphatic carbocycles. The Morgan fingerprint density at radius 2 is 1.49 bits per heavy atom. The number of benzene rings is 3. The summed E-state index contributed by atoms with van der Waals surface area (Å²) in [5, 5.41) is 4.72. The van der Waals surface area contributed by atoms with Gasteiger partial charge in [-0.1, -0.05) is 49.4 Å². The van der Waals surface area contributed by atoms with Crippen LogP contribution in [0, 0.1) is 5.82 Å². The van der Waals surface area contributed by atoms with Crippen molar-refractivity contribution in [3.05, 3.63) is 107 Å². The summed E-state index contributed by atoms with van der Waals surface area (Å²) in [6.45, 7) is 3.17. The van der Waals surface area contributed by atoms with Crippen LogP contribution >= 0.6 is 0 Å². The van der Waals surface area contributed by atoms with Gasteiger partial charge >= 0.3 is 0 Å². The van der Waals surface area contributed by atoms with Crippen LogP contribution in [0.5, 0.6) is 0 Å². The third kappa shape index (κ3) is 4.26. The van der Waals surface area contributed by atoms with Crippen molar-refractivity contribution < 1.29 is 18.7 Å². The maximum absolute atomic E-state index is 13.7. The first-order valence-corrected chi connectivity index (χ1v) is 11.5. The number of fused-ring (bicyclic) bond motifs is 1. The minimum absolute atomic E-state index is 0.307. The van der Waals surface area contributed by atoms with Gasteiger partial charge in [-0.15, -0.1) is 0 Å². The van der Waals surface area contributed by atoms with Crippen LogP contribution < -0.4 is 4.90 Å². The Balaban J connectivity index is 1.50. The molecule has 7 heteroatoms. The Morgan fingerprint density at radius 3 is 2.11 bits per heavy atom. The van der Waals surface area contributed by atoms with Crippen molar-refractivity contribution in [3.8, 4) is 11.3 Å². The Bertz CT molecular complexity index is 1350. The molecule has 6 nitrogen and oxygen atoms in total. The average Bonchev–Trinajstić information content (AvgIpc) is 3.37. The molecule has 1 aliphatic heterocycles. The van der Waals surface area contributed by atoms with Gasteiger partial charge in [-0.25, -0.2) is 9.29 Å². The van der Waals surface area contributed by atoms with E-state index in [4.69, 9.17) is 9.84 Å². The molecule has 3 aromatic carbocycles. The van der Waals surface area contributed by atoms with Crippen LogP contribution in [-0.4, -0.2) is 28.2 Å². The van der Waals surface area contributed by atoms with Gasteiger partial charge < -0.3 is 4.74 Å². The molecule has 2 amide bonds. The van der Waals surface area contributed by atoms with Gasteiger partial charge in [0.1, 0.15) is 5.82 Å². The highest BCUT2D eigenvalue weighted by molar-refractivity contribution is 6.34. The largest absolute Gasteiger partial charge is 0.375 e. The third-order valence-electron chi connectivity index (χ3n) is 6.07. The molecule has 1 aromatic heterocycles. The van der Waals surface area contributed by atoms with Gasteiger partial charge in [-0.3, -0.25) is 14.3 Å². The number of nitrogens with zero attached hydrogens (tertiary/aromatic N) is 3. The quantitative estimate of drug-likeness (QED) is 0.261. The molecule has 0 unspecified atom stereocenters. The predicted molar refractivity (Wildman–Crippen MR) is 131 cm³/mol. The molecule has 0 radical (unpaired) electrons. The molecule has 0 N–H and O–H groups in total. The van der Waals surface area contributed by atoms with Gasteiger partial charge in [0.15, 0.2) is 5.82 Å².